The number of hydrogen-bond donors (Lipinski definition) is 2. The van der Waals surface area contributed by atoms with Crippen molar-refractivity contribution in [3.05, 3.63) is 27.4 Å². The van der Waals surface area contributed by atoms with Gasteiger partial charge in [-0.3, -0.25) is 4.79 Å². The minimum Gasteiger partial charge on any atom is -0.323 e. The lowest BCUT2D eigenvalue weighted by Crippen LogP contribution is -2.25. The zero-order valence-corrected chi connectivity index (χ0v) is 10.2. The summed E-state index contributed by atoms with van der Waals surface area (Å²) in [6, 6.07) is 2.38. The third-order valence-corrected chi connectivity index (χ3v) is 2.53. The predicted molar refractivity (Wildman–Crippen MR) is 61.7 cm³/mol. The van der Waals surface area contributed by atoms with E-state index < -0.39 is 5.82 Å². The normalized spacial score (nSPS) is 10.1. The van der Waals surface area contributed by atoms with E-state index in [9.17, 15) is 9.18 Å². The Labute approximate surface area is 100 Å². The Balaban J connectivity index is 2.90. The standard InChI is InChI=1S/C9H9BrClFN2O/c1-13-4-8(15)14-9-6(10)2-5(12)3-7(9)11/h2-3,13H,4H2,1H3,(H,14,15). The molecule has 0 radical (unpaired) electrons. The van der Waals surface area contributed by atoms with Crippen LogP contribution in [0.5, 0.6) is 0 Å². The number of amides is 1. The highest BCUT2D eigenvalue weighted by Gasteiger charge is 2.10. The van der Waals surface area contributed by atoms with Crippen molar-refractivity contribution in [3.63, 3.8) is 0 Å². The van der Waals surface area contributed by atoms with E-state index in [-0.39, 0.29) is 17.5 Å². The molecule has 3 nitrogen and oxygen atoms in total. The van der Waals surface area contributed by atoms with Crippen molar-refractivity contribution in [2.75, 3.05) is 18.9 Å². The molecule has 6 heteroatoms. The molecule has 0 fully saturated rings. The van der Waals surface area contributed by atoms with Crippen molar-refractivity contribution in [1.29, 1.82) is 0 Å². The van der Waals surface area contributed by atoms with Gasteiger partial charge >= 0.3 is 0 Å². The Kier molecular flexibility index (Phi) is 4.50. The molecule has 82 valence electrons. The van der Waals surface area contributed by atoms with Gasteiger partial charge in [0.25, 0.3) is 0 Å². The van der Waals surface area contributed by atoms with Crippen LogP contribution in [-0.4, -0.2) is 19.5 Å². The monoisotopic (exact) mass is 294 g/mol. The molecule has 0 aromatic heterocycles. The van der Waals surface area contributed by atoms with E-state index >= 15 is 0 Å². The number of carbonyl (C=O) groups excluding carboxylic acids is 1. The summed E-state index contributed by atoms with van der Waals surface area (Å²) in [5.41, 5.74) is 0.373. The molecule has 0 bridgehead atoms. The fourth-order valence-electron chi connectivity index (χ4n) is 1.01. The van der Waals surface area contributed by atoms with Gasteiger partial charge in [-0.05, 0) is 35.1 Å². The highest BCUT2D eigenvalue weighted by Crippen LogP contribution is 2.31. The molecule has 1 rings (SSSR count). The smallest absolute Gasteiger partial charge is 0.238 e. The zero-order valence-electron chi connectivity index (χ0n) is 7.90. The first-order chi connectivity index (χ1) is 7.04. The first kappa shape index (κ1) is 12.4. The fourth-order valence-corrected chi connectivity index (χ4v) is 1.90. The molecule has 15 heavy (non-hydrogen) atoms. The van der Waals surface area contributed by atoms with E-state index in [2.05, 4.69) is 26.6 Å². The number of hydrogen-bond acceptors (Lipinski definition) is 2. The van der Waals surface area contributed by atoms with Crippen LogP contribution in [0.15, 0.2) is 16.6 Å². The summed E-state index contributed by atoms with van der Waals surface area (Å²) in [6.07, 6.45) is 0. The van der Waals surface area contributed by atoms with Crippen molar-refractivity contribution in [2.45, 2.75) is 0 Å². The third kappa shape index (κ3) is 3.44. The summed E-state index contributed by atoms with van der Waals surface area (Å²) in [7, 11) is 1.65. The molecule has 0 aliphatic rings. The van der Waals surface area contributed by atoms with Gasteiger partial charge < -0.3 is 10.6 Å². The Morgan fingerprint density at radius 2 is 2.27 bits per heavy atom. The number of nitrogens with one attached hydrogen (secondary N) is 2. The van der Waals surface area contributed by atoms with Crippen LogP contribution < -0.4 is 10.6 Å². The van der Waals surface area contributed by atoms with E-state index in [1.54, 1.807) is 7.05 Å². The van der Waals surface area contributed by atoms with Gasteiger partial charge in [0, 0.05) is 4.47 Å². The highest BCUT2D eigenvalue weighted by molar-refractivity contribution is 9.10. The Hall–Kier alpha value is -0.650. The van der Waals surface area contributed by atoms with E-state index in [0.29, 0.717) is 10.2 Å². The van der Waals surface area contributed by atoms with Crippen molar-refractivity contribution in [2.24, 2.45) is 0 Å². The van der Waals surface area contributed by atoms with Crippen LogP contribution in [0, 0.1) is 5.82 Å². The van der Waals surface area contributed by atoms with E-state index in [0.717, 1.165) is 6.07 Å². The summed E-state index contributed by atoms with van der Waals surface area (Å²) >= 11 is 8.89. The van der Waals surface area contributed by atoms with Crippen molar-refractivity contribution < 1.29 is 9.18 Å². The molecule has 0 saturated heterocycles. The number of halogens is 3. The van der Waals surface area contributed by atoms with Gasteiger partial charge in [-0.15, -0.1) is 0 Å². The van der Waals surface area contributed by atoms with E-state index in [1.807, 2.05) is 0 Å². The lowest BCUT2D eigenvalue weighted by atomic mass is 10.3. The minimum atomic E-state index is -0.460. The number of carbonyl (C=O) groups is 1. The first-order valence-corrected chi connectivity index (χ1v) is 5.30. The summed E-state index contributed by atoms with van der Waals surface area (Å²) in [6.45, 7) is 0.167. The SMILES string of the molecule is CNCC(=O)Nc1c(Cl)cc(F)cc1Br. The average molecular weight is 296 g/mol. The lowest BCUT2D eigenvalue weighted by Gasteiger charge is -2.09. The highest BCUT2D eigenvalue weighted by atomic mass is 79.9. The average Bonchev–Trinajstić information content (AvgIpc) is 2.11. The largest absolute Gasteiger partial charge is 0.323 e. The fraction of sp³-hybridized carbons (Fsp3) is 0.222. The predicted octanol–water partition coefficient (Wildman–Crippen LogP) is 2.40. The van der Waals surface area contributed by atoms with Crippen LogP contribution in [0.4, 0.5) is 10.1 Å². The quantitative estimate of drug-likeness (QED) is 0.899. The minimum absolute atomic E-state index is 0.159. The van der Waals surface area contributed by atoms with Gasteiger partial charge in [0.05, 0.1) is 17.3 Å². The molecule has 1 aromatic carbocycles. The maximum absolute atomic E-state index is 12.9. The van der Waals surface area contributed by atoms with Gasteiger partial charge in [0.15, 0.2) is 0 Å². The molecule has 0 saturated carbocycles. The maximum atomic E-state index is 12.9. The van der Waals surface area contributed by atoms with Gasteiger partial charge in [0.2, 0.25) is 5.91 Å². The van der Waals surface area contributed by atoms with Crippen LogP contribution in [0.25, 0.3) is 0 Å². The molecular formula is C9H9BrClFN2O. The van der Waals surface area contributed by atoms with Crippen LogP contribution in [0.1, 0.15) is 0 Å². The van der Waals surface area contributed by atoms with Gasteiger partial charge in [-0.1, -0.05) is 11.6 Å². The molecule has 0 heterocycles. The molecule has 0 atom stereocenters. The third-order valence-electron chi connectivity index (χ3n) is 1.61. The second-order valence-electron chi connectivity index (χ2n) is 2.82. The molecule has 2 N–H and O–H groups in total. The van der Waals surface area contributed by atoms with Crippen LogP contribution >= 0.6 is 27.5 Å². The van der Waals surface area contributed by atoms with Crippen LogP contribution in [-0.2, 0) is 4.79 Å². The van der Waals surface area contributed by atoms with Gasteiger partial charge in [-0.2, -0.15) is 0 Å². The lowest BCUT2D eigenvalue weighted by molar-refractivity contribution is -0.115. The molecule has 1 amide bonds. The number of benzene rings is 1. The summed E-state index contributed by atoms with van der Waals surface area (Å²) < 4.78 is 13.3. The van der Waals surface area contributed by atoms with Gasteiger partial charge in [0.1, 0.15) is 5.82 Å². The van der Waals surface area contributed by atoms with Gasteiger partial charge in [-0.25, -0.2) is 4.39 Å². The molecular weight excluding hydrogens is 286 g/mol. The molecule has 0 aliphatic carbocycles. The van der Waals surface area contributed by atoms with E-state index in [4.69, 9.17) is 11.6 Å². The first-order valence-electron chi connectivity index (χ1n) is 4.13. The molecule has 1 aromatic rings. The van der Waals surface area contributed by atoms with Crippen molar-refractivity contribution in [1.82, 2.24) is 5.32 Å². The number of likely N-dealkylation sites (N-methyl/N-ethyl adjacent to an activating group) is 1. The van der Waals surface area contributed by atoms with Crippen molar-refractivity contribution in [3.8, 4) is 0 Å². The summed E-state index contributed by atoms with van der Waals surface area (Å²) in [4.78, 5) is 11.3. The summed E-state index contributed by atoms with van der Waals surface area (Å²) in [5.74, 6) is -0.704. The topological polar surface area (TPSA) is 41.1 Å². The summed E-state index contributed by atoms with van der Waals surface area (Å²) in [5, 5.41) is 5.41. The molecule has 0 aliphatic heterocycles. The Bertz CT molecular complexity index is 363. The van der Waals surface area contributed by atoms with E-state index in [1.165, 1.54) is 6.07 Å². The molecule has 0 unspecified atom stereocenters. The van der Waals surface area contributed by atoms with Crippen LogP contribution in [0.3, 0.4) is 0 Å². The molecule has 0 spiro atoms. The number of rotatable bonds is 3. The van der Waals surface area contributed by atoms with Crippen LogP contribution in [0.2, 0.25) is 5.02 Å². The second-order valence-corrected chi connectivity index (χ2v) is 4.08. The van der Waals surface area contributed by atoms with Crippen molar-refractivity contribution >= 4 is 39.1 Å². The second kappa shape index (κ2) is 5.44. The number of anilines is 1. The maximum Gasteiger partial charge on any atom is 0.238 e. The zero-order chi connectivity index (χ0) is 11.4. The Morgan fingerprint density at radius 1 is 1.60 bits per heavy atom. The Morgan fingerprint density at radius 3 is 2.80 bits per heavy atom.